The Hall–Kier alpha value is -1.83. The van der Waals surface area contributed by atoms with Gasteiger partial charge in [0.2, 0.25) is 5.91 Å². The monoisotopic (exact) mass is 273 g/mol. The fraction of sp³-hybridized carbons (Fsp3) is 0.727. The van der Waals surface area contributed by atoms with Gasteiger partial charge in [0.1, 0.15) is 6.04 Å². The average molecular weight is 273 g/mol. The third kappa shape index (κ3) is 6.05. The van der Waals surface area contributed by atoms with Gasteiger partial charge >= 0.3 is 12.0 Å². The van der Waals surface area contributed by atoms with Crippen LogP contribution in [0.2, 0.25) is 0 Å². The highest BCUT2D eigenvalue weighted by Gasteiger charge is 2.21. The van der Waals surface area contributed by atoms with Crippen molar-refractivity contribution >= 4 is 17.9 Å². The molecule has 0 radical (unpaired) electrons. The van der Waals surface area contributed by atoms with Crippen LogP contribution < -0.4 is 16.4 Å². The predicted octanol–water partition coefficient (Wildman–Crippen LogP) is -0.817. The van der Waals surface area contributed by atoms with E-state index in [1.54, 1.807) is 0 Å². The number of hydrogen-bond donors (Lipinski definition) is 4. The van der Waals surface area contributed by atoms with Crippen LogP contribution in [-0.4, -0.2) is 48.3 Å². The Kier molecular flexibility index (Phi) is 6.07. The van der Waals surface area contributed by atoms with Gasteiger partial charge in [-0.25, -0.2) is 9.59 Å². The third-order valence-electron chi connectivity index (χ3n) is 2.80. The maximum atomic E-state index is 11.5. The quantitative estimate of drug-likeness (QED) is 0.481. The number of ether oxygens (including phenoxy) is 1. The zero-order valence-electron chi connectivity index (χ0n) is 10.6. The number of amides is 3. The Morgan fingerprint density at radius 1 is 1.42 bits per heavy atom. The number of nitrogens with two attached hydrogens (primary N) is 1. The molecule has 0 aliphatic carbocycles. The van der Waals surface area contributed by atoms with E-state index in [0.29, 0.717) is 13.2 Å². The molecule has 19 heavy (non-hydrogen) atoms. The van der Waals surface area contributed by atoms with Gasteiger partial charge in [0.25, 0.3) is 0 Å². The minimum atomic E-state index is -1.20. The number of carbonyl (C=O) groups excluding carboxylic acids is 2. The highest BCUT2D eigenvalue weighted by Crippen LogP contribution is 2.10. The van der Waals surface area contributed by atoms with Crippen LogP contribution in [0.4, 0.5) is 4.79 Å². The topological polar surface area (TPSA) is 131 Å². The molecule has 1 rings (SSSR count). The van der Waals surface area contributed by atoms with Crippen LogP contribution in [0.15, 0.2) is 0 Å². The summed E-state index contributed by atoms with van der Waals surface area (Å²) in [5.41, 5.74) is 4.94. The van der Waals surface area contributed by atoms with Crippen LogP contribution in [0.25, 0.3) is 0 Å². The molecule has 0 spiro atoms. The van der Waals surface area contributed by atoms with E-state index in [2.05, 4.69) is 10.6 Å². The zero-order valence-corrected chi connectivity index (χ0v) is 10.6. The predicted molar refractivity (Wildman–Crippen MR) is 65.4 cm³/mol. The van der Waals surface area contributed by atoms with E-state index in [0.717, 1.165) is 12.8 Å². The van der Waals surface area contributed by atoms with Crippen molar-refractivity contribution in [2.24, 2.45) is 5.73 Å². The Balaban J connectivity index is 2.29. The molecule has 0 aromatic heterocycles. The first-order valence-corrected chi connectivity index (χ1v) is 6.16. The lowest BCUT2D eigenvalue weighted by molar-refractivity contribution is -0.139. The summed E-state index contributed by atoms with van der Waals surface area (Å²) in [5.74, 6) is -1.80. The molecule has 0 aromatic rings. The molecule has 5 N–H and O–H groups in total. The first-order chi connectivity index (χ1) is 8.99. The summed E-state index contributed by atoms with van der Waals surface area (Å²) in [7, 11) is 0. The second-order valence-electron chi connectivity index (χ2n) is 4.39. The number of aliphatic carboxylic acids is 1. The molecule has 0 aromatic carbocycles. The van der Waals surface area contributed by atoms with Crippen molar-refractivity contribution in [1.29, 1.82) is 0 Å². The van der Waals surface area contributed by atoms with Crippen molar-refractivity contribution in [2.45, 2.75) is 37.8 Å². The number of carboxylic acid groups (broad SMARTS) is 1. The lowest BCUT2D eigenvalue weighted by atomic mass is 10.1. The fourth-order valence-corrected chi connectivity index (χ4v) is 1.77. The first kappa shape index (κ1) is 15.2. The molecule has 1 heterocycles. The highest BCUT2D eigenvalue weighted by molar-refractivity contribution is 5.83. The Labute approximate surface area is 110 Å². The molecule has 1 aliphatic heterocycles. The lowest BCUT2D eigenvalue weighted by Gasteiger charge is -2.16. The Bertz CT molecular complexity index is 341. The van der Waals surface area contributed by atoms with Crippen molar-refractivity contribution in [3.05, 3.63) is 0 Å². The largest absolute Gasteiger partial charge is 0.480 e. The molecular formula is C11H19N3O5. The van der Waals surface area contributed by atoms with E-state index in [1.807, 2.05) is 0 Å². The number of carboxylic acids is 1. The first-order valence-electron chi connectivity index (χ1n) is 6.16. The third-order valence-corrected chi connectivity index (χ3v) is 2.80. The number of hydrogen-bond acceptors (Lipinski definition) is 4. The van der Waals surface area contributed by atoms with Gasteiger partial charge in [-0.2, -0.15) is 0 Å². The summed E-state index contributed by atoms with van der Waals surface area (Å²) in [4.78, 5) is 33.0. The van der Waals surface area contributed by atoms with Crippen molar-refractivity contribution in [1.82, 2.24) is 10.6 Å². The minimum Gasteiger partial charge on any atom is -0.480 e. The van der Waals surface area contributed by atoms with E-state index in [1.165, 1.54) is 0 Å². The second kappa shape index (κ2) is 7.57. The molecule has 1 unspecified atom stereocenters. The van der Waals surface area contributed by atoms with Crippen LogP contribution in [0.5, 0.6) is 0 Å². The number of carbonyl (C=O) groups is 3. The van der Waals surface area contributed by atoms with E-state index in [4.69, 9.17) is 15.6 Å². The molecular weight excluding hydrogens is 254 g/mol. The summed E-state index contributed by atoms with van der Waals surface area (Å²) in [6.07, 6.45) is 1.70. The standard InChI is InChI=1S/C11H19N3O5/c12-9(15)4-3-8(10(16)17)14-11(18)13-6-7-2-1-5-19-7/h7-8H,1-6H2,(H2,12,15)(H,16,17)(H2,13,14,18)/t7?,8-/m1/s1. The number of rotatable bonds is 7. The molecule has 3 amide bonds. The smallest absolute Gasteiger partial charge is 0.326 e. The lowest BCUT2D eigenvalue weighted by Crippen LogP contribution is -2.47. The van der Waals surface area contributed by atoms with Gasteiger partial charge in [-0.1, -0.05) is 0 Å². The summed E-state index contributed by atoms with van der Waals surface area (Å²) >= 11 is 0. The minimum absolute atomic E-state index is 0.0142. The van der Waals surface area contributed by atoms with Crippen LogP contribution >= 0.6 is 0 Å². The van der Waals surface area contributed by atoms with Gasteiger partial charge in [-0.05, 0) is 19.3 Å². The van der Waals surface area contributed by atoms with Gasteiger partial charge in [0.15, 0.2) is 0 Å². The highest BCUT2D eigenvalue weighted by atomic mass is 16.5. The van der Waals surface area contributed by atoms with Crippen molar-refractivity contribution < 1.29 is 24.2 Å². The molecule has 0 bridgehead atoms. The van der Waals surface area contributed by atoms with Crippen LogP contribution in [0.3, 0.4) is 0 Å². The Morgan fingerprint density at radius 2 is 2.16 bits per heavy atom. The summed E-state index contributed by atoms with van der Waals surface area (Å²) in [6, 6.07) is -1.72. The molecule has 8 nitrogen and oxygen atoms in total. The Morgan fingerprint density at radius 3 is 2.68 bits per heavy atom. The fourth-order valence-electron chi connectivity index (χ4n) is 1.77. The van der Waals surface area contributed by atoms with Gasteiger partial charge in [-0.3, -0.25) is 4.79 Å². The van der Waals surface area contributed by atoms with Gasteiger partial charge in [-0.15, -0.1) is 0 Å². The van der Waals surface area contributed by atoms with Crippen molar-refractivity contribution in [3.8, 4) is 0 Å². The zero-order chi connectivity index (χ0) is 14.3. The maximum Gasteiger partial charge on any atom is 0.326 e. The number of nitrogens with one attached hydrogen (secondary N) is 2. The van der Waals surface area contributed by atoms with Crippen LogP contribution in [-0.2, 0) is 14.3 Å². The molecule has 1 fully saturated rings. The van der Waals surface area contributed by atoms with Gasteiger partial charge in [0.05, 0.1) is 6.10 Å². The van der Waals surface area contributed by atoms with E-state index in [9.17, 15) is 14.4 Å². The van der Waals surface area contributed by atoms with Crippen LogP contribution in [0.1, 0.15) is 25.7 Å². The van der Waals surface area contributed by atoms with Gasteiger partial charge in [0, 0.05) is 19.6 Å². The second-order valence-corrected chi connectivity index (χ2v) is 4.39. The van der Waals surface area contributed by atoms with Crippen LogP contribution in [0, 0.1) is 0 Å². The normalized spacial score (nSPS) is 19.7. The summed E-state index contributed by atoms with van der Waals surface area (Å²) < 4.78 is 5.31. The molecule has 2 atom stereocenters. The van der Waals surface area contributed by atoms with E-state index < -0.39 is 23.9 Å². The molecule has 0 saturated carbocycles. The maximum absolute atomic E-state index is 11.5. The van der Waals surface area contributed by atoms with Crippen molar-refractivity contribution in [3.63, 3.8) is 0 Å². The van der Waals surface area contributed by atoms with E-state index in [-0.39, 0.29) is 18.9 Å². The average Bonchev–Trinajstić information content (AvgIpc) is 2.84. The van der Waals surface area contributed by atoms with Crippen molar-refractivity contribution in [2.75, 3.05) is 13.2 Å². The SMILES string of the molecule is NC(=O)CC[C@@H](NC(=O)NCC1CCCO1)C(=O)O. The molecule has 1 aliphatic rings. The summed E-state index contributed by atoms with van der Waals surface area (Å²) in [5, 5.41) is 13.7. The number of primary amides is 1. The molecule has 1 saturated heterocycles. The van der Waals surface area contributed by atoms with E-state index >= 15 is 0 Å². The molecule has 108 valence electrons. The molecule has 8 heteroatoms. The van der Waals surface area contributed by atoms with Gasteiger partial charge < -0.3 is 26.2 Å². The number of urea groups is 1. The summed E-state index contributed by atoms with van der Waals surface area (Å²) in [6.45, 7) is 1.03.